The maximum Gasteiger partial charge on any atom is 0.200 e. The Hall–Kier alpha value is -1.75. The summed E-state index contributed by atoms with van der Waals surface area (Å²) in [6.45, 7) is 6.53. The molecular formula is C23H25Cl2N3O. The lowest BCUT2D eigenvalue weighted by Gasteiger charge is -2.51. The van der Waals surface area contributed by atoms with Crippen LogP contribution in [0.15, 0.2) is 47.6 Å². The highest BCUT2D eigenvalue weighted by Crippen LogP contribution is 2.50. The van der Waals surface area contributed by atoms with Gasteiger partial charge in [0.2, 0.25) is 5.72 Å². The molecule has 3 aliphatic heterocycles. The number of piperidine rings is 1. The zero-order chi connectivity index (χ0) is 20.2. The molecule has 152 valence electrons. The molecule has 0 radical (unpaired) electrons. The van der Waals surface area contributed by atoms with Crippen LogP contribution in [0.4, 0.5) is 0 Å². The lowest BCUT2D eigenvalue weighted by molar-refractivity contribution is -0.152. The van der Waals surface area contributed by atoms with Crippen LogP contribution in [0.1, 0.15) is 50.3 Å². The van der Waals surface area contributed by atoms with E-state index in [9.17, 15) is 0 Å². The van der Waals surface area contributed by atoms with Gasteiger partial charge in [-0.15, -0.1) is 0 Å². The minimum Gasteiger partial charge on any atom is -0.466 e. The number of hydrogen-bond acceptors (Lipinski definition) is 4. The van der Waals surface area contributed by atoms with Crippen LogP contribution >= 0.6 is 23.2 Å². The van der Waals surface area contributed by atoms with Crippen molar-refractivity contribution in [1.82, 2.24) is 9.91 Å². The molecule has 0 bridgehead atoms. The number of benzene rings is 2. The van der Waals surface area contributed by atoms with Crippen molar-refractivity contribution >= 4 is 28.9 Å². The molecule has 0 aliphatic carbocycles. The SMILES string of the molecule is CC(C)N1CCC2(CC1)Oc1ccccc1C1CC(c3ccc(Cl)cc3Cl)=NN12. The number of hydrazone groups is 1. The Kier molecular flexibility index (Phi) is 4.77. The van der Waals surface area contributed by atoms with E-state index in [1.165, 1.54) is 5.56 Å². The highest BCUT2D eigenvalue weighted by atomic mass is 35.5. The van der Waals surface area contributed by atoms with Crippen molar-refractivity contribution in [2.75, 3.05) is 13.1 Å². The van der Waals surface area contributed by atoms with Crippen LogP contribution in [-0.2, 0) is 0 Å². The van der Waals surface area contributed by atoms with E-state index in [1.54, 1.807) is 6.07 Å². The van der Waals surface area contributed by atoms with Gasteiger partial charge in [0.15, 0.2) is 0 Å². The van der Waals surface area contributed by atoms with Gasteiger partial charge in [0.25, 0.3) is 0 Å². The van der Waals surface area contributed by atoms with Crippen molar-refractivity contribution in [2.24, 2.45) is 5.10 Å². The number of ether oxygens (including phenoxy) is 1. The highest BCUT2D eigenvalue weighted by Gasteiger charge is 2.52. The average molecular weight is 430 g/mol. The Morgan fingerprint density at radius 2 is 1.86 bits per heavy atom. The van der Waals surface area contributed by atoms with Gasteiger partial charge in [0, 0.05) is 54.5 Å². The average Bonchev–Trinajstić information content (AvgIpc) is 3.15. The fourth-order valence-electron chi connectivity index (χ4n) is 4.84. The van der Waals surface area contributed by atoms with Crippen LogP contribution in [0.2, 0.25) is 10.0 Å². The molecule has 0 N–H and O–H groups in total. The summed E-state index contributed by atoms with van der Waals surface area (Å²) in [6, 6.07) is 14.7. The van der Waals surface area contributed by atoms with E-state index in [2.05, 4.69) is 48.0 Å². The zero-order valence-corrected chi connectivity index (χ0v) is 18.2. The third-order valence-electron chi connectivity index (χ3n) is 6.46. The van der Waals surface area contributed by atoms with E-state index in [4.69, 9.17) is 33.0 Å². The number of rotatable bonds is 2. The molecule has 4 nitrogen and oxygen atoms in total. The minimum atomic E-state index is -0.398. The van der Waals surface area contributed by atoms with Gasteiger partial charge in [-0.25, -0.2) is 5.01 Å². The lowest BCUT2D eigenvalue weighted by atomic mass is 9.90. The molecule has 0 amide bonds. The Bertz CT molecular complexity index is 966. The van der Waals surface area contributed by atoms with Crippen LogP contribution in [0.5, 0.6) is 5.75 Å². The van der Waals surface area contributed by atoms with Crippen LogP contribution in [0.25, 0.3) is 0 Å². The molecule has 1 fully saturated rings. The summed E-state index contributed by atoms with van der Waals surface area (Å²) in [5, 5.41) is 8.61. The van der Waals surface area contributed by atoms with Crippen LogP contribution in [0.3, 0.4) is 0 Å². The molecule has 0 aromatic heterocycles. The van der Waals surface area contributed by atoms with E-state index in [1.807, 2.05) is 12.1 Å². The fraction of sp³-hybridized carbons (Fsp3) is 0.435. The first kappa shape index (κ1) is 19.2. The van der Waals surface area contributed by atoms with Crippen molar-refractivity contribution in [3.8, 4) is 5.75 Å². The summed E-state index contributed by atoms with van der Waals surface area (Å²) in [5.41, 5.74) is 2.76. The van der Waals surface area contributed by atoms with Gasteiger partial charge in [-0.2, -0.15) is 5.10 Å². The lowest BCUT2D eigenvalue weighted by Crippen LogP contribution is -2.59. The normalized spacial score (nSPS) is 23.0. The van der Waals surface area contributed by atoms with Gasteiger partial charge in [0.05, 0.1) is 16.8 Å². The topological polar surface area (TPSA) is 28.1 Å². The molecule has 0 saturated carbocycles. The maximum atomic E-state index is 6.67. The summed E-state index contributed by atoms with van der Waals surface area (Å²) in [5.74, 6) is 0.991. The van der Waals surface area contributed by atoms with Crippen LogP contribution in [0, 0.1) is 0 Å². The molecular weight excluding hydrogens is 405 g/mol. The summed E-state index contributed by atoms with van der Waals surface area (Å²) < 4.78 is 6.67. The fourth-order valence-corrected chi connectivity index (χ4v) is 5.35. The quantitative estimate of drug-likeness (QED) is 0.609. The summed E-state index contributed by atoms with van der Waals surface area (Å²) in [4.78, 5) is 2.51. The molecule has 1 saturated heterocycles. The molecule has 1 atom stereocenters. The highest BCUT2D eigenvalue weighted by molar-refractivity contribution is 6.37. The van der Waals surface area contributed by atoms with Crippen molar-refractivity contribution in [2.45, 2.75) is 50.9 Å². The predicted molar refractivity (Wildman–Crippen MR) is 118 cm³/mol. The number of hydrogen-bond donors (Lipinski definition) is 0. The molecule has 6 heteroatoms. The van der Waals surface area contributed by atoms with E-state index < -0.39 is 5.72 Å². The summed E-state index contributed by atoms with van der Waals surface area (Å²) >= 11 is 12.6. The Morgan fingerprint density at radius 3 is 2.59 bits per heavy atom. The molecule has 2 aromatic rings. The second-order valence-electron chi connectivity index (χ2n) is 8.45. The standard InChI is InChI=1S/C23H25Cl2N3O/c1-15(2)27-11-9-23(10-12-27)28-21(18-5-3-4-6-22(18)29-23)14-20(26-28)17-8-7-16(24)13-19(17)25/h3-8,13,15,21H,9-12,14H2,1-2H3. The number of halogens is 2. The molecule has 5 rings (SSSR count). The van der Waals surface area contributed by atoms with Crippen molar-refractivity contribution in [3.05, 3.63) is 63.6 Å². The molecule has 2 aromatic carbocycles. The third-order valence-corrected chi connectivity index (χ3v) is 7.01. The smallest absolute Gasteiger partial charge is 0.200 e. The van der Waals surface area contributed by atoms with E-state index in [0.29, 0.717) is 16.1 Å². The number of para-hydroxylation sites is 1. The van der Waals surface area contributed by atoms with Gasteiger partial charge in [-0.1, -0.05) is 47.5 Å². The van der Waals surface area contributed by atoms with Crippen molar-refractivity contribution in [3.63, 3.8) is 0 Å². The van der Waals surface area contributed by atoms with Gasteiger partial charge in [0.1, 0.15) is 5.75 Å². The number of likely N-dealkylation sites (tertiary alicyclic amines) is 1. The van der Waals surface area contributed by atoms with Gasteiger partial charge < -0.3 is 9.64 Å². The van der Waals surface area contributed by atoms with E-state index in [-0.39, 0.29) is 6.04 Å². The molecule has 1 spiro atoms. The first-order valence-electron chi connectivity index (χ1n) is 10.3. The second kappa shape index (κ2) is 7.19. The Morgan fingerprint density at radius 1 is 1.10 bits per heavy atom. The third kappa shape index (κ3) is 3.22. The second-order valence-corrected chi connectivity index (χ2v) is 9.29. The zero-order valence-electron chi connectivity index (χ0n) is 16.7. The first-order chi connectivity index (χ1) is 14.0. The van der Waals surface area contributed by atoms with E-state index in [0.717, 1.165) is 49.4 Å². The first-order valence-corrected chi connectivity index (χ1v) is 11.1. The molecule has 1 unspecified atom stereocenters. The van der Waals surface area contributed by atoms with Gasteiger partial charge in [-0.05, 0) is 32.0 Å². The van der Waals surface area contributed by atoms with Gasteiger partial charge in [-0.3, -0.25) is 0 Å². The van der Waals surface area contributed by atoms with Crippen LogP contribution in [-0.4, -0.2) is 40.5 Å². The summed E-state index contributed by atoms with van der Waals surface area (Å²) in [7, 11) is 0. The van der Waals surface area contributed by atoms with Gasteiger partial charge >= 0.3 is 0 Å². The van der Waals surface area contributed by atoms with Crippen molar-refractivity contribution in [1.29, 1.82) is 0 Å². The Balaban J connectivity index is 1.55. The Labute approximate surface area is 182 Å². The monoisotopic (exact) mass is 429 g/mol. The van der Waals surface area contributed by atoms with Crippen LogP contribution < -0.4 is 4.74 Å². The number of nitrogens with zero attached hydrogens (tertiary/aromatic N) is 3. The molecule has 3 heterocycles. The van der Waals surface area contributed by atoms with Crippen molar-refractivity contribution < 1.29 is 4.74 Å². The largest absolute Gasteiger partial charge is 0.466 e. The number of fused-ring (bicyclic) bond motifs is 4. The molecule has 29 heavy (non-hydrogen) atoms. The minimum absolute atomic E-state index is 0.173. The predicted octanol–water partition coefficient (Wildman–Crippen LogP) is 5.74. The van der Waals surface area contributed by atoms with E-state index >= 15 is 0 Å². The molecule has 3 aliphatic rings. The summed E-state index contributed by atoms with van der Waals surface area (Å²) in [6.07, 6.45) is 2.68. The maximum absolute atomic E-state index is 6.67.